The Balaban J connectivity index is 1.62. The SMILES string of the molecule is O=C(O)N1CCC(COC2CCC(O)CC2)CC1. The third kappa shape index (κ3) is 3.85. The second-order valence-corrected chi connectivity index (χ2v) is 5.48. The van der Waals surface area contributed by atoms with E-state index in [-0.39, 0.29) is 6.10 Å². The van der Waals surface area contributed by atoms with Crippen LogP contribution in [0.1, 0.15) is 38.5 Å². The maximum absolute atomic E-state index is 10.8. The molecule has 2 fully saturated rings. The van der Waals surface area contributed by atoms with Gasteiger partial charge in [-0.1, -0.05) is 0 Å². The molecule has 5 heteroatoms. The van der Waals surface area contributed by atoms with Crippen LogP contribution in [0.5, 0.6) is 0 Å². The molecule has 0 spiro atoms. The summed E-state index contributed by atoms with van der Waals surface area (Å²) in [5.41, 5.74) is 0. The fourth-order valence-electron chi connectivity index (χ4n) is 2.77. The van der Waals surface area contributed by atoms with Gasteiger partial charge in [-0.3, -0.25) is 0 Å². The highest BCUT2D eigenvalue weighted by Gasteiger charge is 2.24. The Hall–Kier alpha value is -0.810. The maximum Gasteiger partial charge on any atom is 0.407 e. The first-order chi connectivity index (χ1) is 8.65. The molecule has 0 aromatic heterocycles. The lowest BCUT2D eigenvalue weighted by Crippen LogP contribution is -2.39. The number of carboxylic acid groups (broad SMARTS) is 1. The van der Waals surface area contributed by atoms with E-state index in [1.54, 1.807) is 0 Å². The maximum atomic E-state index is 10.8. The molecule has 1 amide bonds. The van der Waals surface area contributed by atoms with Crippen molar-refractivity contribution >= 4 is 6.09 Å². The molecule has 1 aliphatic heterocycles. The summed E-state index contributed by atoms with van der Waals surface area (Å²) in [6.45, 7) is 2.01. The summed E-state index contributed by atoms with van der Waals surface area (Å²) >= 11 is 0. The zero-order chi connectivity index (χ0) is 13.0. The monoisotopic (exact) mass is 257 g/mol. The van der Waals surface area contributed by atoms with Crippen LogP contribution < -0.4 is 0 Å². The lowest BCUT2D eigenvalue weighted by molar-refractivity contribution is -0.0251. The van der Waals surface area contributed by atoms with E-state index in [1.165, 1.54) is 4.90 Å². The summed E-state index contributed by atoms with van der Waals surface area (Å²) in [6.07, 6.45) is 4.77. The van der Waals surface area contributed by atoms with Gasteiger partial charge in [0.2, 0.25) is 0 Å². The molecule has 0 aromatic carbocycles. The van der Waals surface area contributed by atoms with Gasteiger partial charge in [-0.2, -0.15) is 0 Å². The molecular formula is C13H23NO4. The molecule has 0 aromatic rings. The average Bonchev–Trinajstić information content (AvgIpc) is 2.38. The van der Waals surface area contributed by atoms with Crippen LogP contribution in [-0.2, 0) is 4.74 Å². The largest absolute Gasteiger partial charge is 0.465 e. The predicted molar refractivity (Wildman–Crippen MR) is 66.5 cm³/mol. The molecule has 2 N–H and O–H groups in total. The van der Waals surface area contributed by atoms with Crippen molar-refractivity contribution in [3.8, 4) is 0 Å². The second kappa shape index (κ2) is 6.38. The Bertz CT molecular complexity index is 268. The molecule has 0 atom stereocenters. The first-order valence-electron chi connectivity index (χ1n) is 6.92. The third-order valence-corrected chi connectivity index (χ3v) is 4.10. The number of ether oxygens (including phenoxy) is 1. The number of rotatable bonds is 3. The first kappa shape index (κ1) is 13.6. The average molecular weight is 257 g/mol. The molecule has 104 valence electrons. The number of aliphatic hydroxyl groups excluding tert-OH is 1. The Morgan fingerprint density at radius 3 is 2.28 bits per heavy atom. The minimum Gasteiger partial charge on any atom is -0.465 e. The molecule has 2 aliphatic rings. The van der Waals surface area contributed by atoms with E-state index >= 15 is 0 Å². The summed E-state index contributed by atoms with van der Waals surface area (Å²) in [6, 6.07) is 0. The minimum absolute atomic E-state index is 0.136. The normalized spacial score (nSPS) is 30.4. The third-order valence-electron chi connectivity index (χ3n) is 4.10. The zero-order valence-corrected chi connectivity index (χ0v) is 10.8. The van der Waals surface area contributed by atoms with Crippen LogP contribution in [0.3, 0.4) is 0 Å². The number of amides is 1. The van der Waals surface area contributed by atoms with E-state index in [1.807, 2.05) is 0 Å². The summed E-state index contributed by atoms with van der Waals surface area (Å²) in [7, 11) is 0. The van der Waals surface area contributed by atoms with Crippen molar-refractivity contribution in [1.82, 2.24) is 4.90 Å². The highest BCUT2D eigenvalue weighted by molar-refractivity contribution is 5.64. The van der Waals surface area contributed by atoms with Crippen LogP contribution in [0.15, 0.2) is 0 Å². The van der Waals surface area contributed by atoms with Gasteiger partial charge in [-0.05, 0) is 44.4 Å². The van der Waals surface area contributed by atoms with Gasteiger partial charge in [0.15, 0.2) is 0 Å². The number of piperidine rings is 1. The molecule has 0 bridgehead atoms. The van der Waals surface area contributed by atoms with Gasteiger partial charge >= 0.3 is 6.09 Å². The molecular weight excluding hydrogens is 234 g/mol. The van der Waals surface area contributed by atoms with Crippen LogP contribution in [-0.4, -0.2) is 53.1 Å². The van der Waals surface area contributed by atoms with E-state index < -0.39 is 6.09 Å². The van der Waals surface area contributed by atoms with Gasteiger partial charge in [-0.15, -0.1) is 0 Å². The number of aliphatic hydroxyl groups is 1. The number of hydrogen-bond donors (Lipinski definition) is 2. The molecule has 5 nitrogen and oxygen atoms in total. The number of nitrogens with zero attached hydrogens (tertiary/aromatic N) is 1. The Morgan fingerprint density at radius 1 is 1.11 bits per heavy atom. The van der Waals surface area contributed by atoms with Crippen LogP contribution in [0, 0.1) is 5.92 Å². The molecule has 0 unspecified atom stereocenters. The molecule has 18 heavy (non-hydrogen) atoms. The summed E-state index contributed by atoms with van der Waals surface area (Å²) in [5, 5.41) is 18.3. The van der Waals surface area contributed by atoms with Crippen LogP contribution >= 0.6 is 0 Å². The molecule has 0 radical (unpaired) electrons. The van der Waals surface area contributed by atoms with Gasteiger partial charge in [0.25, 0.3) is 0 Å². The van der Waals surface area contributed by atoms with Gasteiger partial charge < -0.3 is 19.8 Å². The summed E-state index contributed by atoms with van der Waals surface area (Å²) < 4.78 is 5.89. The Labute approximate surface area is 108 Å². The number of hydrogen-bond acceptors (Lipinski definition) is 3. The van der Waals surface area contributed by atoms with Crippen LogP contribution in [0.25, 0.3) is 0 Å². The highest BCUT2D eigenvalue weighted by atomic mass is 16.5. The van der Waals surface area contributed by atoms with Crippen molar-refractivity contribution in [2.45, 2.75) is 50.7 Å². The topological polar surface area (TPSA) is 70.0 Å². The quantitative estimate of drug-likeness (QED) is 0.807. The summed E-state index contributed by atoms with van der Waals surface area (Å²) in [5.74, 6) is 0.493. The first-order valence-corrected chi connectivity index (χ1v) is 6.92. The molecule has 2 rings (SSSR count). The minimum atomic E-state index is -0.810. The van der Waals surface area contributed by atoms with Gasteiger partial charge in [-0.25, -0.2) is 4.79 Å². The standard InChI is InChI=1S/C13H23NO4/c15-11-1-3-12(4-2-11)18-9-10-5-7-14(8-6-10)13(16)17/h10-12,15H,1-9H2,(H,16,17). The molecule has 1 saturated heterocycles. The predicted octanol–water partition coefficient (Wildman–Crippen LogP) is 1.70. The fourth-order valence-corrected chi connectivity index (χ4v) is 2.77. The fraction of sp³-hybridized carbons (Fsp3) is 0.923. The van der Waals surface area contributed by atoms with E-state index in [0.717, 1.165) is 45.1 Å². The molecule has 1 heterocycles. The van der Waals surface area contributed by atoms with E-state index in [9.17, 15) is 9.90 Å². The van der Waals surface area contributed by atoms with Crippen molar-refractivity contribution in [2.24, 2.45) is 5.92 Å². The number of carbonyl (C=O) groups is 1. The van der Waals surface area contributed by atoms with Crippen molar-refractivity contribution in [2.75, 3.05) is 19.7 Å². The van der Waals surface area contributed by atoms with E-state index in [0.29, 0.717) is 25.1 Å². The lowest BCUT2D eigenvalue weighted by atomic mass is 9.94. The number of likely N-dealkylation sites (tertiary alicyclic amines) is 1. The van der Waals surface area contributed by atoms with Crippen LogP contribution in [0.4, 0.5) is 4.79 Å². The Morgan fingerprint density at radius 2 is 1.72 bits per heavy atom. The van der Waals surface area contributed by atoms with Gasteiger partial charge in [0.05, 0.1) is 12.2 Å². The van der Waals surface area contributed by atoms with Crippen molar-refractivity contribution in [3.63, 3.8) is 0 Å². The van der Waals surface area contributed by atoms with E-state index in [2.05, 4.69) is 0 Å². The van der Waals surface area contributed by atoms with Crippen LogP contribution in [0.2, 0.25) is 0 Å². The zero-order valence-electron chi connectivity index (χ0n) is 10.8. The van der Waals surface area contributed by atoms with Crippen molar-refractivity contribution in [3.05, 3.63) is 0 Å². The second-order valence-electron chi connectivity index (χ2n) is 5.48. The Kier molecular flexibility index (Phi) is 4.83. The van der Waals surface area contributed by atoms with Crippen molar-refractivity contribution < 1.29 is 19.7 Å². The van der Waals surface area contributed by atoms with E-state index in [4.69, 9.17) is 9.84 Å². The summed E-state index contributed by atoms with van der Waals surface area (Å²) in [4.78, 5) is 12.2. The highest BCUT2D eigenvalue weighted by Crippen LogP contribution is 2.23. The van der Waals surface area contributed by atoms with Gasteiger partial charge in [0.1, 0.15) is 0 Å². The molecule has 1 aliphatic carbocycles. The lowest BCUT2D eigenvalue weighted by Gasteiger charge is -2.32. The van der Waals surface area contributed by atoms with Gasteiger partial charge in [0, 0.05) is 19.7 Å². The smallest absolute Gasteiger partial charge is 0.407 e. The van der Waals surface area contributed by atoms with Crippen molar-refractivity contribution in [1.29, 1.82) is 0 Å². The molecule has 1 saturated carbocycles.